The second-order valence-corrected chi connectivity index (χ2v) is 7.64. The van der Waals surface area contributed by atoms with Gasteiger partial charge in [0.05, 0.1) is 12.5 Å². The molecule has 31 heavy (non-hydrogen) atoms. The number of piperidine rings is 1. The molecule has 0 bridgehead atoms. The van der Waals surface area contributed by atoms with E-state index in [4.69, 9.17) is 5.26 Å². The molecule has 0 atom stereocenters. The zero-order valence-corrected chi connectivity index (χ0v) is 17.8. The van der Waals surface area contributed by atoms with Gasteiger partial charge in [-0.2, -0.15) is 5.26 Å². The largest absolute Gasteiger partial charge is 0.357 e. The monoisotopic (exact) mass is 419 g/mol. The number of hydrogen-bond acceptors (Lipinski definition) is 5. The van der Waals surface area contributed by atoms with Crippen molar-refractivity contribution < 1.29 is 9.59 Å². The van der Waals surface area contributed by atoms with Crippen LogP contribution in [-0.4, -0.2) is 36.4 Å². The van der Waals surface area contributed by atoms with Crippen LogP contribution in [0.15, 0.2) is 48.7 Å². The van der Waals surface area contributed by atoms with Crippen LogP contribution in [0, 0.1) is 11.3 Å². The zero-order chi connectivity index (χ0) is 21.9. The lowest BCUT2D eigenvalue weighted by molar-refractivity contribution is -0.125. The average molecular weight is 420 g/mol. The molecule has 0 spiro atoms. The summed E-state index contributed by atoms with van der Waals surface area (Å²) in [7, 11) is 0. The number of benzene rings is 1. The molecule has 162 valence electrons. The summed E-state index contributed by atoms with van der Waals surface area (Å²) in [5.74, 6) is 0.628. The van der Waals surface area contributed by atoms with Gasteiger partial charge in [-0.25, -0.2) is 4.98 Å². The first kappa shape index (κ1) is 22.3. The van der Waals surface area contributed by atoms with Gasteiger partial charge in [0.1, 0.15) is 5.82 Å². The number of rotatable bonds is 9. The molecule has 0 saturated carbocycles. The maximum atomic E-state index is 12.7. The summed E-state index contributed by atoms with van der Waals surface area (Å²) in [5, 5.41) is 11.8. The van der Waals surface area contributed by atoms with E-state index in [0.717, 1.165) is 30.2 Å². The molecule has 1 N–H and O–H groups in total. The van der Waals surface area contributed by atoms with E-state index in [0.29, 0.717) is 13.1 Å². The Morgan fingerprint density at radius 3 is 2.61 bits per heavy atom. The standard InChI is InChI=1S/C24H29N5O2/c25-13-7-17-29(21-8-3-1-4-9-21)24(31)11-10-23(30)27-19-20-12-14-26-22(18-20)28-15-5-2-6-16-28/h1,3-4,8-9,12,14,18H,2,5-7,10-11,15-17,19H2,(H,27,30). The van der Waals surface area contributed by atoms with Crippen LogP contribution in [0.25, 0.3) is 0 Å². The predicted octanol–water partition coefficient (Wildman–Crippen LogP) is 3.42. The molecule has 2 heterocycles. The summed E-state index contributed by atoms with van der Waals surface area (Å²) in [4.78, 5) is 33.3. The molecule has 1 aliphatic rings. The minimum absolute atomic E-state index is 0.0987. The predicted molar refractivity (Wildman–Crippen MR) is 120 cm³/mol. The highest BCUT2D eigenvalue weighted by molar-refractivity contribution is 5.95. The second-order valence-electron chi connectivity index (χ2n) is 7.64. The Morgan fingerprint density at radius 2 is 1.87 bits per heavy atom. The molecule has 0 unspecified atom stereocenters. The lowest BCUT2D eigenvalue weighted by atomic mass is 10.1. The normalized spacial score (nSPS) is 13.3. The molecular weight excluding hydrogens is 390 g/mol. The molecule has 1 aromatic heterocycles. The maximum absolute atomic E-state index is 12.7. The third kappa shape index (κ3) is 6.82. The first-order valence-electron chi connectivity index (χ1n) is 10.9. The van der Waals surface area contributed by atoms with Gasteiger partial charge in [-0.1, -0.05) is 18.2 Å². The number of nitrogens with zero attached hydrogens (tertiary/aromatic N) is 4. The van der Waals surface area contributed by atoms with Crippen molar-refractivity contribution in [1.82, 2.24) is 10.3 Å². The van der Waals surface area contributed by atoms with Gasteiger partial charge >= 0.3 is 0 Å². The fourth-order valence-electron chi connectivity index (χ4n) is 3.68. The molecule has 2 amide bonds. The van der Waals surface area contributed by atoms with Crippen LogP contribution in [-0.2, 0) is 16.1 Å². The number of carbonyl (C=O) groups is 2. The Kier molecular flexibility index (Phi) is 8.41. The van der Waals surface area contributed by atoms with Crippen molar-refractivity contribution in [3.8, 4) is 6.07 Å². The maximum Gasteiger partial charge on any atom is 0.227 e. The summed E-state index contributed by atoms with van der Waals surface area (Å²) in [5.41, 5.74) is 1.74. The molecule has 1 aromatic carbocycles. The molecule has 0 aliphatic carbocycles. The minimum atomic E-state index is -0.169. The van der Waals surface area contributed by atoms with Crippen LogP contribution >= 0.6 is 0 Å². The van der Waals surface area contributed by atoms with E-state index < -0.39 is 0 Å². The van der Waals surface area contributed by atoms with Crippen LogP contribution in [0.3, 0.4) is 0 Å². The van der Waals surface area contributed by atoms with E-state index in [1.165, 1.54) is 19.3 Å². The van der Waals surface area contributed by atoms with Gasteiger partial charge in [-0.15, -0.1) is 0 Å². The zero-order valence-electron chi connectivity index (χ0n) is 17.8. The third-order valence-corrected chi connectivity index (χ3v) is 5.36. The first-order valence-corrected chi connectivity index (χ1v) is 10.9. The topological polar surface area (TPSA) is 89.3 Å². The van der Waals surface area contributed by atoms with Gasteiger partial charge in [-0.05, 0) is 49.1 Å². The molecule has 0 radical (unpaired) electrons. The molecule has 7 nitrogen and oxygen atoms in total. The summed E-state index contributed by atoms with van der Waals surface area (Å²) >= 11 is 0. The van der Waals surface area contributed by atoms with Crippen molar-refractivity contribution in [2.24, 2.45) is 0 Å². The van der Waals surface area contributed by atoms with Gasteiger partial charge in [-0.3, -0.25) is 9.59 Å². The Balaban J connectivity index is 1.49. The van der Waals surface area contributed by atoms with Crippen molar-refractivity contribution in [1.29, 1.82) is 5.26 Å². The van der Waals surface area contributed by atoms with Gasteiger partial charge in [0.25, 0.3) is 0 Å². The fourth-order valence-corrected chi connectivity index (χ4v) is 3.68. The van der Waals surface area contributed by atoms with Gasteiger partial charge in [0, 0.05) is 50.9 Å². The summed E-state index contributed by atoms with van der Waals surface area (Å²) in [6, 6.07) is 15.2. The highest BCUT2D eigenvalue weighted by Crippen LogP contribution is 2.18. The van der Waals surface area contributed by atoms with Crippen molar-refractivity contribution in [2.75, 3.05) is 29.4 Å². The second kappa shape index (κ2) is 11.7. The Morgan fingerprint density at radius 1 is 1.10 bits per heavy atom. The molecule has 3 rings (SSSR count). The number of para-hydroxylation sites is 1. The van der Waals surface area contributed by atoms with Crippen molar-refractivity contribution in [2.45, 2.75) is 45.1 Å². The number of nitriles is 1. The van der Waals surface area contributed by atoms with E-state index in [2.05, 4.69) is 21.3 Å². The molecule has 7 heteroatoms. The van der Waals surface area contributed by atoms with E-state index >= 15 is 0 Å². The number of hydrogen-bond donors (Lipinski definition) is 1. The van der Waals surface area contributed by atoms with Crippen LogP contribution in [0.1, 0.15) is 44.1 Å². The average Bonchev–Trinajstić information content (AvgIpc) is 2.83. The number of nitrogens with one attached hydrogen (secondary N) is 1. The summed E-state index contributed by atoms with van der Waals surface area (Å²) in [6.45, 7) is 2.77. The lowest BCUT2D eigenvalue weighted by Crippen LogP contribution is -2.33. The van der Waals surface area contributed by atoms with Crippen LogP contribution in [0.4, 0.5) is 11.5 Å². The van der Waals surface area contributed by atoms with Crippen molar-refractivity contribution >= 4 is 23.3 Å². The highest BCUT2D eigenvalue weighted by atomic mass is 16.2. The number of amides is 2. The van der Waals surface area contributed by atoms with Gasteiger partial charge in [0.2, 0.25) is 11.8 Å². The molecule has 2 aromatic rings. The minimum Gasteiger partial charge on any atom is -0.357 e. The van der Waals surface area contributed by atoms with Crippen molar-refractivity contribution in [3.63, 3.8) is 0 Å². The first-order chi connectivity index (χ1) is 15.2. The molecular formula is C24H29N5O2. The molecule has 1 aliphatic heterocycles. The number of anilines is 2. The highest BCUT2D eigenvalue weighted by Gasteiger charge is 2.17. The quantitative estimate of drug-likeness (QED) is 0.673. The van der Waals surface area contributed by atoms with E-state index in [1.807, 2.05) is 42.5 Å². The Bertz CT molecular complexity index is 904. The summed E-state index contributed by atoms with van der Waals surface area (Å²) in [6.07, 6.45) is 5.87. The van der Waals surface area contributed by atoms with E-state index in [9.17, 15) is 9.59 Å². The SMILES string of the molecule is N#CCCN(C(=O)CCC(=O)NCc1ccnc(N2CCCCC2)c1)c1ccccc1. The number of pyridine rings is 1. The van der Waals surface area contributed by atoms with E-state index in [1.54, 1.807) is 11.1 Å². The molecule has 1 saturated heterocycles. The Hall–Kier alpha value is -3.40. The lowest BCUT2D eigenvalue weighted by Gasteiger charge is -2.27. The van der Waals surface area contributed by atoms with Gasteiger partial charge in [0.15, 0.2) is 0 Å². The smallest absolute Gasteiger partial charge is 0.227 e. The van der Waals surface area contributed by atoms with Gasteiger partial charge < -0.3 is 15.1 Å². The fraction of sp³-hybridized carbons (Fsp3) is 0.417. The third-order valence-electron chi connectivity index (χ3n) is 5.36. The van der Waals surface area contributed by atoms with Crippen LogP contribution in [0.2, 0.25) is 0 Å². The molecule has 1 fully saturated rings. The Labute approximate surface area is 183 Å². The number of carbonyl (C=O) groups excluding carboxylic acids is 2. The van der Waals surface area contributed by atoms with Crippen LogP contribution in [0.5, 0.6) is 0 Å². The van der Waals surface area contributed by atoms with E-state index in [-0.39, 0.29) is 31.1 Å². The van der Waals surface area contributed by atoms with Crippen LogP contribution < -0.4 is 15.1 Å². The number of aromatic nitrogens is 1. The van der Waals surface area contributed by atoms with Crippen molar-refractivity contribution in [3.05, 3.63) is 54.2 Å². The summed E-state index contributed by atoms with van der Waals surface area (Å²) < 4.78 is 0.